The molecular weight excluding hydrogens is 1060 g/mol. The summed E-state index contributed by atoms with van der Waals surface area (Å²) in [7, 11) is -4.91. The topological polar surface area (TPSA) is 232 Å². The van der Waals surface area contributed by atoms with Gasteiger partial charge in [0.25, 0.3) is 37.5 Å². The fourth-order valence-electron chi connectivity index (χ4n) is 9.20. The van der Waals surface area contributed by atoms with Crippen molar-refractivity contribution >= 4 is 83.9 Å². The van der Waals surface area contributed by atoms with Crippen molar-refractivity contribution in [2.24, 2.45) is 5.92 Å². The Labute approximate surface area is 457 Å². The van der Waals surface area contributed by atoms with Crippen LogP contribution < -0.4 is 24.6 Å². The van der Waals surface area contributed by atoms with E-state index in [9.17, 15) is 46.4 Å². The maximum atomic E-state index is 13.7. The number of thioether (sulfide) groups is 1. The normalized spacial score (nSPS) is 15.0. The van der Waals surface area contributed by atoms with Crippen LogP contribution in [0.5, 0.6) is 0 Å². The molecule has 404 valence electrons. The highest BCUT2D eigenvalue weighted by molar-refractivity contribution is 7.99. The number of piperazine rings is 1. The number of nitro benzene ring substituents is 1. The number of carbonyl (C=O) groups excluding carboxylic acids is 2. The molecule has 6 aromatic rings. The lowest BCUT2D eigenvalue weighted by molar-refractivity contribution is -0.384. The first-order valence-electron chi connectivity index (χ1n) is 24.9. The molecule has 2 fully saturated rings. The van der Waals surface area contributed by atoms with E-state index in [1.54, 1.807) is 66.4 Å². The molecule has 1 atom stereocenters. The lowest BCUT2D eigenvalue weighted by atomic mass is 9.96. The zero-order chi connectivity index (χ0) is 54.9. The molecule has 2 amide bonds. The van der Waals surface area contributed by atoms with Gasteiger partial charge in [-0.1, -0.05) is 48.0 Å². The van der Waals surface area contributed by atoms with E-state index in [2.05, 4.69) is 24.6 Å². The summed E-state index contributed by atoms with van der Waals surface area (Å²) in [5, 5.41) is 25.5. The first kappa shape index (κ1) is 56.2. The molecule has 0 spiro atoms. The van der Waals surface area contributed by atoms with Crippen LogP contribution in [0, 0.1) is 16.0 Å². The third-order valence-electron chi connectivity index (χ3n) is 13.5. The minimum absolute atomic E-state index is 0.0687. The van der Waals surface area contributed by atoms with E-state index in [0.717, 1.165) is 39.0 Å². The molecule has 6 aromatic carbocycles. The van der Waals surface area contributed by atoms with Gasteiger partial charge < -0.3 is 25.1 Å². The van der Waals surface area contributed by atoms with Crippen molar-refractivity contribution < 1.29 is 41.2 Å². The van der Waals surface area contributed by atoms with Gasteiger partial charge in [-0.3, -0.25) is 29.4 Å². The van der Waals surface area contributed by atoms with Gasteiger partial charge in [-0.05, 0) is 154 Å². The van der Waals surface area contributed by atoms with Gasteiger partial charge in [0.05, 0.1) is 20.6 Å². The third kappa shape index (κ3) is 14.7. The SMILES string of the molecule is CN(C)CC[C@H](CSc1ccccc1)Nc1ccc(S(=O)(=O)NC(=O)c2ccc(N3CCN(Cc4cc(C(=O)NS(=O)(=O)c5ccc(N6CCC(C(=O)O)CC6)cc5)ccc4-c4ccc(Cl)cc4)CC3)cc2)cc1[N+](=O)[O-]. The van der Waals surface area contributed by atoms with Gasteiger partial charge in [0.2, 0.25) is 0 Å². The zero-order valence-electron chi connectivity index (χ0n) is 42.4. The molecule has 2 heterocycles. The summed E-state index contributed by atoms with van der Waals surface area (Å²) in [4.78, 5) is 59.0. The number of nitrogens with one attached hydrogen (secondary N) is 3. The van der Waals surface area contributed by atoms with E-state index < -0.39 is 59.3 Å². The predicted octanol–water partition coefficient (Wildman–Crippen LogP) is 8.30. The van der Waals surface area contributed by atoms with Crippen molar-refractivity contribution in [2.75, 3.05) is 80.8 Å². The molecular formula is C55H59ClN8O10S3. The minimum atomic E-state index is -4.52. The number of rotatable bonds is 21. The molecule has 18 nitrogen and oxygen atoms in total. The van der Waals surface area contributed by atoms with E-state index in [0.29, 0.717) is 82.4 Å². The Kier molecular flexibility index (Phi) is 18.2. The Morgan fingerprint density at radius 2 is 1.30 bits per heavy atom. The van der Waals surface area contributed by atoms with Gasteiger partial charge in [0, 0.05) is 96.1 Å². The smallest absolute Gasteiger partial charge is 0.306 e. The second-order valence-electron chi connectivity index (χ2n) is 19.1. The molecule has 2 saturated heterocycles. The molecule has 2 aliphatic rings. The van der Waals surface area contributed by atoms with Crippen LogP contribution in [-0.2, 0) is 31.4 Å². The number of anilines is 3. The van der Waals surface area contributed by atoms with E-state index in [-0.39, 0.29) is 27.8 Å². The van der Waals surface area contributed by atoms with Crippen LogP contribution in [0.4, 0.5) is 22.7 Å². The summed E-state index contributed by atoms with van der Waals surface area (Å²) in [6.07, 6.45) is 1.65. The van der Waals surface area contributed by atoms with Gasteiger partial charge >= 0.3 is 5.97 Å². The van der Waals surface area contributed by atoms with Gasteiger partial charge in [-0.25, -0.2) is 26.3 Å². The van der Waals surface area contributed by atoms with Gasteiger partial charge in [0.15, 0.2) is 0 Å². The number of aliphatic carboxylic acids is 1. The summed E-state index contributed by atoms with van der Waals surface area (Å²) in [5.74, 6) is -2.32. The van der Waals surface area contributed by atoms with Crippen LogP contribution in [0.2, 0.25) is 5.02 Å². The summed E-state index contributed by atoms with van der Waals surface area (Å²) in [6.45, 7) is 4.56. The Morgan fingerprint density at radius 1 is 0.727 bits per heavy atom. The van der Waals surface area contributed by atoms with E-state index in [4.69, 9.17) is 11.6 Å². The number of hydrogen-bond donors (Lipinski definition) is 4. The molecule has 0 aromatic heterocycles. The molecule has 0 radical (unpaired) electrons. The maximum Gasteiger partial charge on any atom is 0.306 e. The lowest BCUT2D eigenvalue weighted by Crippen LogP contribution is -2.46. The Bertz CT molecular complexity index is 3300. The van der Waals surface area contributed by atoms with Crippen molar-refractivity contribution in [2.45, 2.75) is 46.5 Å². The van der Waals surface area contributed by atoms with E-state index in [1.165, 1.54) is 36.4 Å². The van der Waals surface area contributed by atoms with Crippen LogP contribution in [0.15, 0.2) is 154 Å². The molecule has 4 N–H and O–H groups in total. The molecule has 77 heavy (non-hydrogen) atoms. The Balaban J connectivity index is 0.885. The van der Waals surface area contributed by atoms with Crippen LogP contribution in [0.25, 0.3) is 11.1 Å². The maximum absolute atomic E-state index is 13.7. The average Bonchev–Trinajstić information content (AvgIpc) is 3.42. The van der Waals surface area contributed by atoms with Crippen LogP contribution >= 0.6 is 23.4 Å². The van der Waals surface area contributed by atoms with Crippen molar-refractivity contribution in [3.63, 3.8) is 0 Å². The Hall–Kier alpha value is -7.01. The number of carbonyl (C=O) groups is 3. The minimum Gasteiger partial charge on any atom is -0.481 e. The zero-order valence-corrected chi connectivity index (χ0v) is 45.6. The number of amides is 2. The number of carboxylic acids is 1. The highest BCUT2D eigenvalue weighted by Gasteiger charge is 2.28. The summed E-state index contributed by atoms with van der Waals surface area (Å²) >= 11 is 7.83. The number of nitrogens with zero attached hydrogens (tertiary/aromatic N) is 5. The Morgan fingerprint density at radius 3 is 1.91 bits per heavy atom. The largest absolute Gasteiger partial charge is 0.481 e. The summed E-state index contributed by atoms with van der Waals surface area (Å²) in [6, 6.07) is 38.1. The van der Waals surface area contributed by atoms with E-state index in [1.807, 2.05) is 66.4 Å². The number of carboxylic acid groups (broad SMARTS) is 1. The van der Waals surface area contributed by atoms with E-state index >= 15 is 0 Å². The fourth-order valence-corrected chi connectivity index (χ4v) is 12.3. The highest BCUT2D eigenvalue weighted by Crippen LogP contribution is 2.32. The molecule has 0 aliphatic carbocycles. The monoisotopic (exact) mass is 1120 g/mol. The standard InChI is InChI=1S/C55H59ClN8O10S3/c1-60(2)27-26-44(37-75-47-6-4-3-5-7-47)57-51-23-21-49(35-52(51)64(69)70)77(73,74)58-53(65)39-10-15-45(16-11-39)63-32-30-61(31-33-63)36-42-34-41(12-22-50(42)38-8-13-43(56)14-9-38)54(66)59-76(71,72)48-19-17-46(18-20-48)62-28-24-40(25-29-62)55(67)68/h3-23,34-35,40,44,57H,24-33,36-37H2,1-2H3,(H,58,65)(H,59,66)(H,67,68)/t44-/m1/s1. The van der Waals surface area contributed by atoms with Crippen molar-refractivity contribution in [3.05, 3.63) is 171 Å². The summed E-state index contributed by atoms with van der Waals surface area (Å²) in [5.41, 5.74) is 3.97. The molecule has 2 aliphatic heterocycles. The number of nitro groups is 1. The van der Waals surface area contributed by atoms with Crippen LogP contribution in [0.3, 0.4) is 0 Å². The van der Waals surface area contributed by atoms with Crippen molar-refractivity contribution in [1.82, 2.24) is 19.2 Å². The number of sulfonamides is 2. The van der Waals surface area contributed by atoms with Gasteiger partial charge in [-0.15, -0.1) is 11.8 Å². The van der Waals surface area contributed by atoms with Crippen LogP contribution in [-0.4, -0.2) is 126 Å². The molecule has 0 saturated carbocycles. The lowest BCUT2D eigenvalue weighted by Gasteiger charge is -2.36. The summed E-state index contributed by atoms with van der Waals surface area (Å²) < 4.78 is 58.3. The number of halogens is 1. The van der Waals surface area contributed by atoms with Crippen molar-refractivity contribution in [1.29, 1.82) is 0 Å². The molecule has 22 heteroatoms. The average molecular weight is 1120 g/mol. The fraction of sp³-hybridized carbons (Fsp3) is 0.291. The van der Waals surface area contributed by atoms with Gasteiger partial charge in [-0.2, -0.15) is 0 Å². The van der Waals surface area contributed by atoms with Gasteiger partial charge in [0.1, 0.15) is 5.69 Å². The first-order chi connectivity index (χ1) is 36.8. The number of piperidine rings is 1. The molecule has 0 bridgehead atoms. The highest BCUT2D eigenvalue weighted by atomic mass is 35.5. The third-order valence-corrected chi connectivity index (χ3v) is 17.7. The second-order valence-corrected chi connectivity index (χ2v) is 24.0. The quantitative estimate of drug-likeness (QED) is 0.0302. The second kappa shape index (κ2) is 25.0. The molecule has 8 rings (SSSR count). The predicted molar refractivity (Wildman–Crippen MR) is 300 cm³/mol. The number of hydrogen-bond acceptors (Lipinski definition) is 15. The molecule has 0 unspecified atom stereocenters. The first-order valence-corrected chi connectivity index (χ1v) is 29.2. The number of benzene rings is 6. The van der Waals surface area contributed by atoms with Crippen molar-refractivity contribution in [3.8, 4) is 11.1 Å². The van der Waals surface area contributed by atoms with Crippen LogP contribution in [0.1, 0.15) is 45.5 Å².